The van der Waals surface area contributed by atoms with Crippen molar-refractivity contribution in [3.63, 3.8) is 0 Å². The Morgan fingerprint density at radius 2 is 1.61 bits per heavy atom. The summed E-state index contributed by atoms with van der Waals surface area (Å²) in [4.78, 5) is 0. The van der Waals surface area contributed by atoms with Gasteiger partial charge in [-0.2, -0.15) is 11.8 Å². The van der Waals surface area contributed by atoms with Gasteiger partial charge in [-0.25, -0.2) is 0 Å². The molecular formula is C14H30O2S2. The molecule has 0 bridgehead atoms. The Hall–Kier alpha value is 0.620. The fraction of sp³-hybridized carbons (Fsp3) is 1.00. The fourth-order valence-corrected chi connectivity index (χ4v) is 4.16. The van der Waals surface area contributed by atoms with Gasteiger partial charge in [-0.05, 0) is 30.9 Å². The van der Waals surface area contributed by atoms with Crippen LogP contribution in [0.15, 0.2) is 0 Å². The summed E-state index contributed by atoms with van der Waals surface area (Å²) in [6, 6.07) is 0. The van der Waals surface area contributed by atoms with Crippen LogP contribution in [0.5, 0.6) is 0 Å². The van der Waals surface area contributed by atoms with Gasteiger partial charge in [0.05, 0.1) is 5.75 Å². The number of aliphatic hydroxyl groups is 1. The highest BCUT2D eigenvalue weighted by molar-refractivity contribution is 8.04. The summed E-state index contributed by atoms with van der Waals surface area (Å²) >= 11 is 3.35. The van der Waals surface area contributed by atoms with Crippen LogP contribution in [0.2, 0.25) is 0 Å². The second-order valence-corrected chi connectivity index (χ2v) is 8.28. The Balaban J connectivity index is 4.32. The summed E-state index contributed by atoms with van der Waals surface area (Å²) in [6.07, 6.45) is 2.14. The molecule has 0 spiro atoms. The molecule has 18 heavy (non-hydrogen) atoms. The molecule has 1 atom stereocenters. The zero-order chi connectivity index (χ0) is 14.2. The van der Waals surface area contributed by atoms with Crippen molar-refractivity contribution in [3.8, 4) is 0 Å². The van der Waals surface area contributed by atoms with Gasteiger partial charge in [-0.1, -0.05) is 46.4 Å². The monoisotopic (exact) mass is 294 g/mol. The van der Waals surface area contributed by atoms with Crippen LogP contribution in [-0.2, 0) is 4.74 Å². The Bertz CT molecular complexity index is 212. The highest BCUT2D eigenvalue weighted by Gasteiger charge is 2.31. The van der Waals surface area contributed by atoms with E-state index in [0.29, 0.717) is 17.6 Å². The van der Waals surface area contributed by atoms with Crippen molar-refractivity contribution in [2.75, 3.05) is 18.1 Å². The molecule has 4 heteroatoms. The van der Waals surface area contributed by atoms with E-state index in [1.165, 1.54) is 0 Å². The first kappa shape index (κ1) is 18.6. The second-order valence-electron chi connectivity index (χ2n) is 5.76. The Morgan fingerprint density at radius 3 is 2.00 bits per heavy atom. The van der Waals surface area contributed by atoms with Crippen molar-refractivity contribution in [2.45, 2.75) is 64.8 Å². The predicted octanol–water partition coefficient (Wildman–Crippen LogP) is 4.37. The van der Waals surface area contributed by atoms with Crippen molar-refractivity contribution >= 4 is 23.5 Å². The first-order valence-corrected chi connectivity index (χ1v) is 8.91. The van der Waals surface area contributed by atoms with E-state index in [1.807, 2.05) is 6.92 Å². The third-order valence-electron chi connectivity index (χ3n) is 2.45. The van der Waals surface area contributed by atoms with Crippen LogP contribution in [-0.4, -0.2) is 33.6 Å². The third kappa shape index (κ3) is 8.68. The maximum atomic E-state index is 10.6. The average molecular weight is 295 g/mol. The summed E-state index contributed by atoms with van der Waals surface area (Å²) < 4.78 is 5.58. The lowest BCUT2D eigenvalue weighted by Gasteiger charge is -2.31. The second kappa shape index (κ2) is 8.72. The Labute approximate surface area is 122 Å². The smallest absolute Gasteiger partial charge is 0.225 e. The zero-order valence-electron chi connectivity index (χ0n) is 12.8. The van der Waals surface area contributed by atoms with Gasteiger partial charge in [-0.15, -0.1) is 0 Å². The van der Waals surface area contributed by atoms with Gasteiger partial charge in [0, 0.05) is 11.9 Å². The molecule has 110 valence electrons. The van der Waals surface area contributed by atoms with Crippen LogP contribution in [0.25, 0.3) is 0 Å². The van der Waals surface area contributed by atoms with E-state index in [0.717, 1.165) is 18.6 Å². The minimum atomic E-state index is -1.03. The molecule has 0 aliphatic heterocycles. The van der Waals surface area contributed by atoms with E-state index >= 15 is 0 Å². The third-order valence-corrected chi connectivity index (χ3v) is 5.93. The zero-order valence-corrected chi connectivity index (χ0v) is 14.4. The number of hydrogen-bond acceptors (Lipinski definition) is 4. The van der Waals surface area contributed by atoms with Gasteiger partial charge in [0.2, 0.25) is 5.12 Å². The molecule has 1 N–H and O–H groups in total. The normalized spacial score (nSPS) is 16.0. The van der Waals surface area contributed by atoms with Crippen LogP contribution in [0.3, 0.4) is 0 Å². The molecule has 0 aromatic carbocycles. The molecule has 0 aliphatic carbocycles. The lowest BCUT2D eigenvalue weighted by atomic mass is 10.0. The van der Waals surface area contributed by atoms with Crippen molar-refractivity contribution in [1.29, 1.82) is 0 Å². The van der Waals surface area contributed by atoms with Crippen LogP contribution >= 0.6 is 23.5 Å². The maximum absolute atomic E-state index is 10.6. The summed E-state index contributed by atoms with van der Waals surface area (Å²) in [5.41, 5.74) is 0.289. The quantitative estimate of drug-likeness (QED) is 0.639. The Kier molecular flexibility index (Phi) is 9.02. The number of ether oxygens (including phenoxy) is 1. The fourth-order valence-electron chi connectivity index (χ4n) is 1.54. The van der Waals surface area contributed by atoms with Gasteiger partial charge >= 0.3 is 0 Å². The van der Waals surface area contributed by atoms with E-state index in [-0.39, 0.29) is 5.41 Å². The van der Waals surface area contributed by atoms with Crippen molar-refractivity contribution in [2.24, 2.45) is 5.41 Å². The summed E-state index contributed by atoms with van der Waals surface area (Å²) in [5.74, 6) is 1.67. The minimum Gasteiger partial charge on any atom is -0.356 e. The lowest BCUT2D eigenvalue weighted by Crippen LogP contribution is -2.34. The van der Waals surface area contributed by atoms with Gasteiger partial charge in [-0.3, -0.25) is 0 Å². The van der Waals surface area contributed by atoms with E-state index in [4.69, 9.17) is 4.74 Å². The van der Waals surface area contributed by atoms with Crippen molar-refractivity contribution < 1.29 is 9.84 Å². The standard InChI is InChI=1S/C14H30O2S2/c1-7-12(8-2)18-14(15,16-9-3)11-17-10-13(4,5)6/h12,15H,7-11H2,1-6H3. The van der Waals surface area contributed by atoms with Gasteiger partial charge < -0.3 is 9.84 Å². The number of hydrogen-bond donors (Lipinski definition) is 1. The molecule has 0 aliphatic rings. The van der Waals surface area contributed by atoms with Gasteiger partial charge in [0.15, 0.2) is 0 Å². The highest BCUT2D eigenvalue weighted by atomic mass is 32.2. The molecule has 0 aromatic rings. The number of thioether (sulfide) groups is 2. The predicted molar refractivity (Wildman–Crippen MR) is 85.3 cm³/mol. The minimum absolute atomic E-state index is 0.289. The van der Waals surface area contributed by atoms with E-state index < -0.39 is 5.12 Å². The molecule has 0 radical (unpaired) electrons. The maximum Gasteiger partial charge on any atom is 0.225 e. The molecule has 0 fully saturated rings. The Morgan fingerprint density at radius 1 is 1.06 bits per heavy atom. The van der Waals surface area contributed by atoms with Gasteiger partial charge in [0.1, 0.15) is 0 Å². The topological polar surface area (TPSA) is 29.5 Å². The largest absolute Gasteiger partial charge is 0.356 e. The lowest BCUT2D eigenvalue weighted by molar-refractivity contribution is -0.109. The van der Waals surface area contributed by atoms with Crippen LogP contribution in [0.4, 0.5) is 0 Å². The van der Waals surface area contributed by atoms with Gasteiger partial charge in [0.25, 0.3) is 0 Å². The molecule has 0 rings (SSSR count). The van der Waals surface area contributed by atoms with Crippen molar-refractivity contribution in [3.05, 3.63) is 0 Å². The SMILES string of the molecule is CCOC(O)(CSCC(C)(C)C)SC(CC)CC. The summed E-state index contributed by atoms with van der Waals surface area (Å²) in [5, 5.41) is 10.0. The summed E-state index contributed by atoms with van der Waals surface area (Å²) in [7, 11) is 0. The van der Waals surface area contributed by atoms with E-state index in [9.17, 15) is 5.11 Å². The first-order valence-electron chi connectivity index (χ1n) is 6.88. The van der Waals surface area contributed by atoms with E-state index in [1.54, 1.807) is 23.5 Å². The molecule has 0 heterocycles. The van der Waals surface area contributed by atoms with Crippen molar-refractivity contribution in [1.82, 2.24) is 0 Å². The molecule has 0 saturated heterocycles. The van der Waals surface area contributed by atoms with Crippen LogP contribution < -0.4 is 0 Å². The molecule has 0 aromatic heterocycles. The van der Waals surface area contributed by atoms with E-state index in [2.05, 4.69) is 34.6 Å². The molecule has 0 saturated carbocycles. The average Bonchev–Trinajstić information content (AvgIpc) is 2.24. The molecule has 1 unspecified atom stereocenters. The van der Waals surface area contributed by atoms with Crippen LogP contribution in [0.1, 0.15) is 54.4 Å². The van der Waals surface area contributed by atoms with Crippen LogP contribution in [0, 0.1) is 5.41 Å². The molecule has 2 nitrogen and oxygen atoms in total. The molecule has 0 amide bonds. The highest BCUT2D eigenvalue weighted by Crippen LogP contribution is 2.35. The molecular weight excluding hydrogens is 264 g/mol. The first-order chi connectivity index (χ1) is 8.26. The summed E-state index contributed by atoms with van der Waals surface area (Å²) in [6.45, 7) is 13.5. The number of rotatable bonds is 9.